The Morgan fingerprint density at radius 3 is 2.21 bits per heavy atom. The first-order valence-electron chi connectivity index (χ1n) is 9.67. The fraction of sp³-hybridized carbons (Fsp3) is 0.0833. The number of methoxy groups -OCH3 is 1. The topological polar surface area (TPSA) is 58.6 Å². The van der Waals surface area contributed by atoms with Gasteiger partial charge >= 0.3 is 6.18 Å². The molecule has 3 aromatic carbocycles. The molecular formula is C24H16F4N2O3. The quantitative estimate of drug-likeness (QED) is 0.421. The highest BCUT2D eigenvalue weighted by molar-refractivity contribution is 6.46. The van der Waals surface area contributed by atoms with Crippen LogP contribution in [0.4, 0.5) is 28.9 Å². The minimum Gasteiger partial charge on any atom is -0.497 e. The molecule has 0 radical (unpaired) electrons. The maximum Gasteiger partial charge on any atom is 0.416 e. The lowest BCUT2D eigenvalue weighted by Crippen LogP contribution is -2.33. The molecule has 168 valence electrons. The number of benzene rings is 3. The number of rotatable bonds is 5. The van der Waals surface area contributed by atoms with Crippen molar-refractivity contribution in [1.82, 2.24) is 0 Å². The average Bonchev–Trinajstić information content (AvgIpc) is 3.03. The van der Waals surface area contributed by atoms with Gasteiger partial charge in [0, 0.05) is 5.69 Å². The van der Waals surface area contributed by atoms with Crippen LogP contribution in [0.3, 0.4) is 0 Å². The second kappa shape index (κ2) is 8.42. The van der Waals surface area contributed by atoms with Gasteiger partial charge in [-0.05, 0) is 48.0 Å². The van der Waals surface area contributed by atoms with Crippen LogP contribution in [-0.2, 0) is 15.8 Å². The van der Waals surface area contributed by atoms with Crippen molar-refractivity contribution >= 4 is 28.8 Å². The molecule has 9 heteroatoms. The van der Waals surface area contributed by atoms with E-state index in [1.165, 1.54) is 49.6 Å². The molecule has 3 aromatic rings. The summed E-state index contributed by atoms with van der Waals surface area (Å²) < 4.78 is 58.9. The lowest BCUT2D eigenvalue weighted by atomic mass is 10.0. The van der Waals surface area contributed by atoms with E-state index in [4.69, 9.17) is 4.74 Å². The number of anilines is 2. The summed E-state index contributed by atoms with van der Waals surface area (Å²) in [5.74, 6) is -2.01. The lowest BCUT2D eigenvalue weighted by Gasteiger charge is -2.16. The summed E-state index contributed by atoms with van der Waals surface area (Å²) in [6, 6.07) is 15.6. The molecule has 5 nitrogen and oxygen atoms in total. The Morgan fingerprint density at radius 1 is 0.879 bits per heavy atom. The van der Waals surface area contributed by atoms with Crippen molar-refractivity contribution in [2.75, 3.05) is 17.3 Å². The highest BCUT2D eigenvalue weighted by Gasteiger charge is 2.41. The van der Waals surface area contributed by atoms with Crippen molar-refractivity contribution in [3.05, 3.63) is 95.4 Å². The van der Waals surface area contributed by atoms with Crippen LogP contribution < -0.4 is 15.0 Å². The molecule has 2 amide bonds. The fourth-order valence-electron chi connectivity index (χ4n) is 3.44. The van der Waals surface area contributed by atoms with Crippen molar-refractivity contribution in [2.45, 2.75) is 6.18 Å². The first kappa shape index (κ1) is 22.1. The van der Waals surface area contributed by atoms with Crippen LogP contribution in [-0.4, -0.2) is 18.9 Å². The van der Waals surface area contributed by atoms with Gasteiger partial charge in [0.1, 0.15) is 17.3 Å². The first-order valence-corrected chi connectivity index (χ1v) is 9.67. The number of para-hydroxylation sites is 1. The first-order chi connectivity index (χ1) is 15.7. The Bertz CT molecular complexity index is 1270. The van der Waals surface area contributed by atoms with Crippen LogP contribution in [0.25, 0.3) is 5.57 Å². The minimum atomic E-state index is -4.60. The van der Waals surface area contributed by atoms with Crippen LogP contribution in [0.2, 0.25) is 0 Å². The summed E-state index contributed by atoms with van der Waals surface area (Å²) >= 11 is 0. The van der Waals surface area contributed by atoms with Crippen LogP contribution in [0.15, 0.2) is 78.5 Å². The number of amides is 2. The highest BCUT2D eigenvalue weighted by Crippen LogP contribution is 2.36. The summed E-state index contributed by atoms with van der Waals surface area (Å²) in [6.45, 7) is 0. The summed E-state index contributed by atoms with van der Waals surface area (Å²) in [5, 5.41) is 2.64. The van der Waals surface area contributed by atoms with Gasteiger partial charge in [-0.2, -0.15) is 13.2 Å². The van der Waals surface area contributed by atoms with Crippen LogP contribution in [0.1, 0.15) is 11.1 Å². The molecular weight excluding hydrogens is 440 g/mol. The summed E-state index contributed by atoms with van der Waals surface area (Å²) in [5.41, 5.74) is -1.32. The Balaban J connectivity index is 1.83. The van der Waals surface area contributed by atoms with E-state index in [2.05, 4.69) is 5.32 Å². The van der Waals surface area contributed by atoms with Crippen molar-refractivity contribution in [1.29, 1.82) is 0 Å². The van der Waals surface area contributed by atoms with Crippen molar-refractivity contribution in [3.8, 4) is 5.75 Å². The maximum atomic E-state index is 14.4. The second-order valence-corrected chi connectivity index (χ2v) is 7.08. The molecule has 0 saturated carbocycles. The van der Waals surface area contributed by atoms with E-state index in [0.29, 0.717) is 16.2 Å². The van der Waals surface area contributed by atoms with E-state index in [1.54, 1.807) is 12.1 Å². The van der Waals surface area contributed by atoms with Crippen molar-refractivity contribution in [2.24, 2.45) is 0 Å². The Kier molecular flexibility index (Phi) is 5.63. The number of carbonyl (C=O) groups is 2. The number of hydrogen-bond acceptors (Lipinski definition) is 4. The molecule has 0 spiro atoms. The molecule has 0 saturated heterocycles. The van der Waals surface area contributed by atoms with Gasteiger partial charge in [0.05, 0.1) is 23.9 Å². The minimum absolute atomic E-state index is 0.0534. The van der Waals surface area contributed by atoms with Gasteiger partial charge in [0.2, 0.25) is 0 Å². The van der Waals surface area contributed by atoms with Gasteiger partial charge in [0.25, 0.3) is 11.8 Å². The SMILES string of the molecule is COc1ccc(C2=C(Nc3cccc(C(F)(F)F)c3)C(=O)N(c3ccccc3F)C2=O)cc1. The molecule has 33 heavy (non-hydrogen) atoms. The summed E-state index contributed by atoms with van der Waals surface area (Å²) in [6.07, 6.45) is -4.60. The van der Waals surface area contributed by atoms with Crippen LogP contribution in [0, 0.1) is 5.82 Å². The average molecular weight is 456 g/mol. The third-order valence-electron chi connectivity index (χ3n) is 5.02. The number of nitrogens with zero attached hydrogens (tertiary/aromatic N) is 1. The number of ether oxygens (including phenoxy) is 1. The van der Waals surface area contributed by atoms with E-state index in [-0.39, 0.29) is 22.6 Å². The number of carbonyl (C=O) groups excluding carboxylic acids is 2. The second-order valence-electron chi connectivity index (χ2n) is 7.08. The number of halogens is 4. The largest absolute Gasteiger partial charge is 0.497 e. The summed E-state index contributed by atoms with van der Waals surface area (Å²) in [4.78, 5) is 27.2. The molecule has 0 aliphatic carbocycles. The molecule has 4 rings (SSSR count). The van der Waals surface area contributed by atoms with E-state index in [0.717, 1.165) is 18.2 Å². The van der Waals surface area contributed by atoms with Gasteiger partial charge in [-0.25, -0.2) is 9.29 Å². The molecule has 0 fully saturated rings. The van der Waals surface area contributed by atoms with E-state index in [9.17, 15) is 27.2 Å². The predicted molar refractivity (Wildman–Crippen MR) is 114 cm³/mol. The molecule has 1 N–H and O–H groups in total. The smallest absolute Gasteiger partial charge is 0.416 e. The molecule has 0 unspecified atom stereocenters. The third-order valence-corrected chi connectivity index (χ3v) is 5.02. The highest BCUT2D eigenvalue weighted by atomic mass is 19.4. The molecule has 0 atom stereocenters. The van der Waals surface area contributed by atoms with E-state index in [1.807, 2.05) is 0 Å². The van der Waals surface area contributed by atoms with Crippen LogP contribution in [0.5, 0.6) is 5.75 Å². The van der Waals surface area contributed by atoms with Crippen LogP contribution >= 0.6 is 0 Å². The number of imide groups is 1. The molecule has 1 heterocycles. The third kappa shape index (κ3) is 4.17. The van der Waals surface area contributed by atoms with Gasteiger partial charge in [-0.3, -0.25) is 9.59 Å². The Hall–Kier alpha value is -4.14. The Labute approximate surface area is 185 Å². The van der Waals surface area contributed by atoms with Gasteiger partial charge in [-0.1, -0.05) is 30.3 Å². The monoisotopic (exact) mass is 456 g/mol. The van der Waals surface area contributed by atoms with Crippen molar-refractivity contribution < 1.29 is 31.9 Å². The fourth-order valence-corrected chi connectivity index (χ4v) is 3.44. The zero-order valence-corrected chi connectivity index (χ0v) is 17.1. The molecule has 1 aliphatic rings. The number of alkyl halides is 3. The lowest BCUT2D eigenvalue weighted by molar-refractivity contribution is -0.137. The standard InChI is InChI=1S/C24H16F4N2O3/c1-33-17-11-9-14(10-12-17)20-21(29-16-6-4-5-15(13-16)24(26,27)28)23(32)30(22(20)31)19-8-3-2-7-18(19)25/h2-13,29H,1H3. The molecule has 0 bridgehead atoms. The van der Waals surface area contributed by atoms with Gasteiger partial charge < -0.3 is 10.1 Å². The maximum absolute atomic E-state index is 14.4. The van der Waals surface area contributed by atoms with Gasteiger partial charge in [-0.15, -0.1) is 0 Å². The number of hydrogen-bond donors (Lipinski definition) is 1. The zero-order valence-electron chi connectivity index (χ0n) is 17.1. The van der Waals surface area contributed by atoms with E-state index < -0.39 is 29.4 Å². The molecule has 0 aromatic heterocycles. The number of nitrogens with one attached hydrogen (secondary N) is 1. The van der Waals surface area contributed by atoms with E-state index >= 15 is 0 Å². The normalized spacial score (nSPS) is 14.2. The Morgan fingerprint density at radius 2 is 1.58 bits per heavy atom. The van der Waals surface area contributed by atoms with Crippen molar-refractivity contribution in [3.63, 3.8) is 0 Å². The zero-order chi connectivity index (χ0) is 23.8. The molecule has 1 aliphatic heterocycles. The van der Waals surface area contributed by atoms with Gasteiger partial charge in [0.15, 0.2) is 0 Å². The summed E-state index contributed by atoms with van der Waals surface area (Å²) in [7, 11) is 1.46. The predicted octanol–water partition coefficient (Wildman–Crippen LogP) is 5.25.